The molecule has 2 aromatic rings. The number of hydrogen-bond donors (Lipinski definition) is 2. The van der Waals surface area contributed by atoms with Crippen molar-refractivity contribution < 1.29 is 48.3 Å². The summed E-state index contributed by atoms with van der Waals surface area (Å²) in [7, 11) is 1.54. The van der Waals surface area contributed by atoms with Gasteiger partial charge >= 0.3 is 6.09 Å². The third-order valence-electron chi connectivity index (χ3n) is 12.0. The topological polar surface area (TPSA) is 141 Å². The highest BCUT2D eigenvalue weighted by atomic mass is 16.7. The van der Waals surface area contributed by atoms with Crippen LogP contribution < -0.4 is 18.9 Å². The summed E-state index contributed by atoms with van der Waals surface area (Å²) in [5.74, 6) is 0.824. The highest BCUT2D eigenvalue weighted by Crippen LogP contribution is 2.62. The number of hydrogen-bond acceptors (Lipinski definition) is 12. The molecule has 1 saturated heterocycles. The molecular weight excluding hydrogens is 743 g/mol. The smallest absolute Gasteiger partial charge is 0.410 e. The van der Waals surface area contributed by atoms with Gasteiger partial charge in [0.1, 0.15) is 31.3 Å². The number of rotatable bonds is 22. The highest BCUT2D eigenvalue weighted by molar-refractivity contribution is 6.03. The standard InChI is InChI=1S/C45H59N3O10/c1-4-6-23-54-44(51)48(29-31-13-15-39-40(25-31)56-30-55-39)41-28-37(46-52-3)35-26-32(11-7-9-20-49)34(12-8-10-21-50)42-36-27-33(53-24-19-47-17-18-47)14-16-38(36)58-45(41,43(35)42)57-22-5-2/h4-5,13-16,25-27,32,34,41-43,49-50H,1-2,6-12,17-24,28-30H2,3H3. The molecule has 2 N–H and O–H groups in total. The number of fused-ring (bicyclic) bond motifs is 3. The maximum atomic E-state index is 14.6. The Morgan fingerprint density at radius 1 is 1.00 bits per heavy atom. The Labute approximate surface area is 341 Å². The summed E-state index contributed by atoms with van der Waals surface area (Å²) in [6, 6.07) is 10.9. The van der Waals surface area contributed by atoms with Gasteiger partial charge in [0.05, 0.1) is 24.8 Å². The number of nitrogens with zero attached hydrogens (tertiary/aromatic N) is 3. The molecule has 2 aromatic carbocycles. The van der Waals surface area contributed by atoms with Crippen LogP contribution in [-0.2, 0) is 20.9 Å². The molecule has 13 nitrogen and oxygen atoms in total. The lowest BCUT2D eigenvalue weighted by Crippen LogP contribution is -2.70. The molecule has 58 heavy (non-hydrogen) atoms. The van der Waals surface area contributed by atoms with Gasteiger partial charge in [-0.1, -0.05) is 42.3 Å². The van der Waals surface area contributed by atoms with E-state index in [0.717, 1.165) is 67.8 Å². The first kappa shape index (κ1) is 41.6. The van der Waals surface area contributed by atoms with Crippen molar-refractivity contribution in [1.29, 1.82) is 0 Å². The van der Waals surface area contributed by atoms with E-state index in [1.54, 1.807) is 17.1 Å². The maximum Gasteiger partial charge on any atom is 0.410 e. The van der Waals surface area contributed by atoms with Gasteiger partial charge in [0.15, 0.2) is 11.5 Å². The van der Waals surface area contributed by atoms with Crippen LogP contribution in [0.3, 0.4) is 0 Å². The molecule has 1 amide bonds. The summed E-state index contributed by atoms with van der Waals surface area (Å²) in [5.41, 5.74) is 3.48. The molecule has 2 aliphatic carbocycles. The van der Waals surface area contributed by atoms with Gasteiger partial charge < -0.3 is 43.5 Å². The summed E-state index contributed by atoms with van der Waals surface area (Å²) in [6.45, 7) is 12.3. The molecule has 3 aliphatic heterocycles. The second-order valence-electron chi connectivity index (χ2n) is 15.7. The Hall–Kier alpha value is -4.56. The van der Waals surface area contributed by atoms with Crippen LogP contribution in [0.1, 0.15) is 68.4 Å². The average molecular weight is 802 g/mol. The predicted molar refractivity (Wildman–Crippen MR) is 218 cm³/mol. The summed E-state index contributed by atoms with van der Waals surface area (Å²) in [4.78, 5) is 24.2. The van der Waals surface area contributed by atoms with Crippen molar-refractivity contribution in [2.75, 3.05) is 66.6 Å². The highest BCUT2D eigenvalue weighted by Gasteiger charge is 2.65. The molecule has 1 saturated carbocycles. The van der Waals surface area contributed by atoms with Crippen LogP contribution in [0, 0.1) is 17.8 Å². The number of ether oxygens (including phenoxy) is 6. The van der Waals surface area contributed by atoms with Crippen LogP contribution in [0.25, 0.3) is 0 Å². The van der Waals surface area contributed by atoms with Crippen molar-refractivity contribution in [3.05, 3.63) is 84.5 Å². The van der Waals surface area contributed by atoms with Gasteiger partial charge in [-0.3, -0.25) is 9.80 Å². The van der Waals surface area contributed by atoms with E-state index in [0.29, 0.717) is 48.8 Å². The van der Waals surface area contributed by atoms with Crippen molar-refractivity contribution in [3.8, 4) is 23.0 Å². The molecule has 0 bridgehead atoms. The van der Waals surface area contributed by atoms with E-state index in [4.69, 9.17) is 33.3 Å². The molecule has 0 radical (unpaired) electrons. The van der Waals surface area contributed by atoms with E-state index in [1.165, 1.54) is 7.11 Å². The molecule has 314 valence electrons. The number of benzene rings is 2. The average Bonchev–Trinajstić information content (AvgIpc) is 3.94. The largest absolute Gasteiger partial charge is 0.492 e. The lowest BCUT2D eigenvalue weighted by Gasteiger charge is -2.59. The van der Waals surface area contributed by atoms with Crippen LogP contribution >= 0.6 is 0 Å². The molecule has 0 spiro atoms. The van der Waals surface area contributed by atoms with Crippen LogP contribution in [-0.4, -0.2) is 110 Å². The van der Waals surface area contributed by atoms with Crippen LogP contribution in [0.15, 0.2) is 78.5 Å². The number of aliphatic hydroxyl groups excluding tert-OH is 2. The molecular formula is C45H59N3O10. The third-order valence-corrected chi connectivity index (χ3v) is 12.0. The minimum Gasteiger partial charge on any atom is -0.492 e. The first-order valence-electron chi connectivity index (χ1n) is 20.8. The summed E-state index contributed by atoms with van der Waals surface area (Å²) in [6.07, 6.45) is 10.7. The van der Waals surface area contributed by atoms with E-state index in [2.05, 4.69) is 35.4 Å². The lowest BCUT2D eigenvalue weighted by atomic mass is 9.55. The number of oxime groups is 1. The second kappa shape index (κ2) is 19.5. The number of aliphatic hydroxyl groups is 2. The fraction of sp³-hybridized carbons (Fsp3) is 0.556. The number of allylic oxidation sites excluding steroid dienone is 1. The minimum absolute atomic E-state index is 0.0885. The SMILES string of the molecule is C=CCCOC(=O)N(Cc1ccc2c(c1)OCO2)C1CC(=NOC)C2=CC(CCCCO)C(CCCCO)C3c4cc(OCCN5CC5)ccc4OC1(OCC=C)C23. The Bertz CT molecular complexity index is 1810. The van der Waals surface area contributed by atoms with E-state index < -0.39 is 23.8 Å². The summed E-state index contributed by atoms with van der Waals surface area (Å²) in [5, 5.41) is 24.4. The maximum absolute atomic E-state index is 14.6. The van der Waals surface area contributed by atoms with Gasteiger partial charge in [-0.15, -0.1) is 13.2 Å². The van der Waals surface area contributed by atoms with E-state index in [9.17, 15) is 15.0 Å². The van der Waals surface area contributed by atoms with Gasteiger partial charge in [-0.05, 0) is 85.4 Å². The number of amides is 1. The first-order valence-corrected chi connectivity index (χ1v) is 20.8. The Morgan fingerprint density at radius 2 is 1.79 bits per heavy atom. The fourth-order valence-corrected chi connectivity index (χ4v) is 9.29. The zero-order valence-electron chi connectivity index (χ0n) is 33.7. The van der Waals surface area contributed by atoms with E-state index in [1.807, 2.05) is 30.3 Å². The Balaban J connectivity index is 1.40. The monoisotopic (exact) mass is 801 g/mol. The van der Waals surface area contributed by atoms with Crippen molar-refractivity contribution in [1.82, 2.24) is 9.80 Å². The third kappa shape index (κ3) is 9.02. The van der Waals surface area contributed by atoms with Crippen molar-refractivity contribution in [2.45, 2.75) is 75.7 Å². The molecule has 6 atom stereocenters. The normalized spacial score (nSPS) is 25.8. The molecule has 0 aromatic heterocycles. The second-order valence-corrected chi connectivity index (χ2v) is 15.7. The fourth-order valence-electron chi connectivity index (χ4n) is 9.29. The molecule has 5 aliphatic rings. The number of unbranched alkanes of at least 4 members (excludes halogenated alkanes) is 2. The number of carbonyl (C=O) groups is 1. The van der Waals surface area contributed by atoms with Crippen LogP contribution in [0.2, 0.25) is 0 Å². The van der Waals surface area contributed by atoms with Crippen molar-refractivity contribution in [2.24, 2.45) is 22.9 Å². The van der Waals surface area contributed by atoms with Crippen LogP contribution in [0.4, 0.5) is 4.79 Å². The molecule has 6 unspecified atom stereocenters. The van der Waals surface area contributed by atoms with Gasteiger partial charge in [-0.25, -0.2) is 4.79 Å². The van der Waals surface area contributed by atoms with Gasteiger partial charge in [0, 0.05) is 57.3 Å². The Morgan fingerprint density at radius 3 is 2.55 bits per heavy atom. The zero-order valence-corrected chi connectivity index (χ0v) is 33.7. The van der Waals surface area contributed by atoms with E-state index >= 15 is 0 Å². The number of carbonyl (C=O) groups excluding carboxylic acids is 1. The van der Waals surface area contributed by atoms with Crippen molar-refractivity contribution >= 4 is 11.8 Å². The summed E-state index contributed by atoms with van der Waals surface area (Å²) >= 11 is 0. The quantitative estimate of drug-likeness (QED) is 0.0577. The first-order chi connectivity index (χ1) is 28.4. The zero-order chi connectivity index (χ0) is 40.5. The molecule has 13 heteroatoms. The minimum atomic E-state index is -1.43. The Kier molecular flexibility index (Phi) is 14.0. The van der Waals surface area contributed by atoms with Gasteiger partial charge in [-0.2, -0.15) is 0 Å². The molecule has 2 fully saturated rings. The van der Waals surface area contributed by atoms with Gasteiger partial charge in [0.2, 0.25) is 12.6 Å². The lowest BCUT2D eigenvalue weighted by molar-refractivity contribution is -0.256. The van der Waals surface area contributed by atoms with Gasteiger partial charge in [0.25, 0.3) is 0 Å². The molecule has 7 rings (SSSR count). The van der Waals surface area contributed by atoms with Crippen LogP contribution in [0.5, 0.6) is 23.0 Å². The summed E-state index contributed by atoms with van der Waals surface area (Å²) < 4.78 is 38.1. The predicted octanol–water partition coefficient (Wildman–Crippen LogP) is 6.59. The molecule has 3 heterocycles. The van der Waals surface area contributed by atoms with E-state index in [-0.39, 0.29) is 63.9 Å². The van der Waals surface area contributed by atoms with Crippen molar-refractivity contribution in [3.63, 3.8) is 0 Å².